The van der Waals surface area contributed by atoms with E-state index in [2.05, 4.69) is 17.2 Å². The van der Waals surface area contributed by atoms with Crippen LogP contribution in [0.4, 0.5) is 9.18 Å². The van der Waals surface area contributed by atoms with Crippen molar-refractivity contribution in [3.05, 3.63) is 54.1 Å². The standard InChI is InChI=1S/C20H24FN3O2/c1-15-4-3-10-24(11-8-15)20(25)23-13-16-6-7-19(18(21)12-16)26-17-5-2-9-22-14-17/h2,5-7,9,12,14-15H,3-4,8,10-11,13H2,1H3,(H,23,25). The summed E-state index contributed by atoms with van der Waals surface area (Å²) in [5.74, 6) is 0.802. The fraction of sp³-hybridized carbons (Fsp3) is 0.400. The summed E-state index contributed by atoms with van der Waals surface area (Å²) in [6, 6.07) is 8.05. The molecule has 1 atom stereocenters. The zero-order valence-electron chi connectivity index (χ0n) is 15.0. The number of carbonyl (C=O) groups is 1. The molecular formula is C20H24FN3O2. The molecule has 1 unspecified atom stereocenters. The van der Waals surface area contributed by atoms with E-state index < -0.39 is 5.82 Å². The van der Waals surface area contributed by atoms with Gasteiger partial charge in [0.15, 0.2) is 11.6 Å². The topological polar surface area (TPSA) is 54.5 Å². The fourth-order valence-corrected chi connectivity index (χ4v) is 3.03. The Morgan fingerprint density at radius 1 is 1.35 bits per heavy atom. The first kappa shape index (κ1) is 18.2. The number of benzene rings is 1. The third-order valence-corrected chi connectivity index (χ3v) is 4.61. The second-order valence-electron chi connectivity index (χ2n) is 6.74. The number of hydrogen-bond acceptors (Lipinski definition) is 3. The van der Waals surface area contributed by atoms with E-state index in [-0.39, 0.29) is 18.3 Å². The van der Waals surface area contributed by atoms with Crippen LogP contribution in [-0.4, -0.2) is 29.0 Å². The van der Waals surface area contributed by atoms with Crippen LogP contribution in [0.3, 0.4) is 0 Å². The number of amides is 2. The van der Waals surface area contributed by atoms with Crippen LogP contribution in [0.2, 0.25) is 0 Å². The first-order valence-electron chi connectivity index (χ1n) is 9.01. The Morgan fingerprint density at radius 3 is 3.00 bits per heavy atom. The van der Waals surface area contributed by atoms with Gasteiger partial charge >= 0.3 is 6.03 Å². The van der Waals surface area contributed by atoms with Crippen LogP contribution in [0, 0.1) is 11.7 Å². The molecule has 1 N–H and O–H groups in total. The molecule has 3 rings (SSSR count). The Hall–Kier alpha value is -2.63. The van der Waals surface area contributed by atoms with Gasteiger partial charge in [0.05, 0.1) is 6.20 Å². The molecule has 2 amide bonds. The molecule has 1 aromatic heterocycles. The number of nitrogens with one attached hydrogen (secondary N) is 1. The quantitative estimate of drug-likeness (QED) is 0.885. The van der Waals surface area contributed by atoms with Crippen LogP contribution in [0.15, 0.2) is 42.7 Å². The summed E-state index contributed by atoms with van der Waals surface area (Å²) < 4.78 is 19.7. The molecule has 2 aromatic rings. The van der Waals surface area contributed by atoms with Gasteiger partial charge in [-0.15, -0.1) is 0 Å². The van der Waals surface area contributed by atoms with Gasteiger partial charge in [-0.2, -0.15) is 0 Å². The largest absolute Gasteiger partial charge is 0.453 e. The van der Waals surface area contributed by atoms with Gasteiger partial charge < -0.3 is 15.0 Å². The molecular weight excluding hydrogens is 333 g/mol. The fourth-order valence-electron chi connectivity index (χ4n) is 3.03. The number of rotatable bonds is 4. The molecule has 0 bridgehead atoms. The Bertz CT molecular complexity index is 739. The maximum atomic E-state index is 14.2. The van der Waals surface area contributed by atoms with Gasteiger partial charge in [0.1, 0.15) is 5.75 Å². The number of carbonyl (C=O) groups excluding carboxylic acids is 1. The van der Waals surface area contributed by atoms with E-state index >= 15 is 0 Å². The van der Waals surface area contributed by atoms with Crippen LogP contribution in [-0.2, 0) is 6.54 Å². The maximum Gasteiger partial charge on any atom is 0.317 e. The smallest absolute Gasteiger partial charge is 0.317 e. The summed E-state index contributed by atoms with van der Waals surface area (Å²) in [4.78, 5) is 18.1. The van der Waals surface area contributed by atoms with Crippen LogP contribution in [0.5, 0.6) is 11.5 Å². The average Bonchev–Trinajstić information content (AvgIpc) is 2.87. The van der Waals surface area contributed by atoms with E-state index in [9.17, 15) is 9.18 Å². The van der Waals surface area contributed by atoms with Crippen LogP contribution < -0.4 is 10.1 Å². The molecule has 26 heavy (non-hydrogen) atoms. The Kier molecular flexibility index (Phi) is 6.04. The molecule has 5 nitrogen and oxygen atoms in total. The Morgan fingerprint density at radius 2 is 2.23 bits per heavy atom. The first-order chi connectivity index (χ1) is 12.6. The number of aromatic nitrogens is 1. The number of ether oxygens (including phenoxy) is 1. The predicted molar refractivity (Wildman–Crippen MR) is 97.5 cm³/mol. The van der Waals surface area contributed by atoms with Gasteiger partial charge in [0.25, 0.3) is 0 Å². The number of urea groups is 1. The summed E-state index contributed by atoms with van der Waals surface area (Å²) in [5, 5.41) is 2.88. The van der Waals surface area contributed by atoms with Crippen molar-refractivity contribution in [1.29, 1.82) is 0 Å². The van der Waals surface area contributed by atoms with Crippen molar-refractivity contribution in [3.8, 4) is 11.5 Å². The number of pyridine rings is 1. The zero-order chi connectivity index (χ0) is 18.4. The minimum Gasteiger partial charge on any atom is -0.453 e. The van der Waals surface area contributed by atoms with Crippen molar-refractivity contribution < 1.29 is 13.9 Å². The maximum absolute atomic E-state index is 14.2. The van der Waals surface area contributed by atoms with Crippen LogP contribution in [0.25, 0.3) is 0 Å². The summed E-state index contributed by atoms with van der Waals surface area (Å²) in [6.45, 7) is 4.07. The van der Waals surface area contributed by atoms with E-state index in [0.29, 0.717) is 17.2 Å². The third-order valence-electron chi connectivity index (χ3n) is 4.61. The highest BCUT2D eigenvalue weighted by molar-refractivity contribution is 5.74. The van der Waals surface area contributed by atoms with Crippen molar-refractivity contribution >= 4 is 6.03 Å². The van der Waals surface area contributed by atoms with Crippen molar-refractivity contribution in [3.63, 3.8) is 0 Å². The van der Waals surface area contributed by atoms with Crippen LogP contribution in [0.1, 0.15) is 31.7 Å². The minimum atomic E-state index is -0.468. The third kappa shape index (κ3) is 4.94. The summed E-state index contributed by atoms with van der Waals surface area (Å²) in [5.41, 5.74) is 0.692. The molecule has 6 heteroatoms. The van der Waals surface area contributed by atoms with Gasteiger partial charge in [-0.25, -0.2) is 9.18 Å². The summed E-state index contributed by atoms with van der Waals surface area (Å²) in [7, 11) is 0. The lowest BCUT2D eigenvalue weighted by molar-refractivity contribution is 0.199. The number of nitrogens with zero attached hydrogens (tertiary/aromatic N) is 2. The van der Waals surface area contributed by atoms with Gasteiger partial charge in [-0.1, -0.05) is 13.0 Å². The molecule has 0 saturated carbocycles. The summed E-state index contributed by atoms with van der Waals surface area (Å²) in [6.07, 6.45) is 6.37. The molecule has 0 radical (unpaired) electrons. The van der Waals surface area contributed by atoms with Gasteiger partial charge in [0, 0.05) is 25.8 Å². The number of hydrogen-bond donors (Lipinski definition) is 1. The summed E-state index contributed by atoms with van der Waals surface area (Å²) >= 11 is 0. The van der Waals surface area contributed by atoms with Crippen molar-refractivity contribution in [2.75, 3.05) is 13.1 Å². The minimum absolute atomic E-state index is 0.0878. The zero-order valence-corrected chi connectivity index (χ0v) is 15.0. The first-order valence-corrected chi connectivity index (χ1v) is 9.01. The highest BCUT2D eigenvalue weighted by atomic mass is 19.1. The molecule has 0 spiro atoms. The molecule has 1 saturated heterocycles. The molecule has 1 aromatic carbocycles. The molecule has 0 aliphatic carbocycles. The van der Waals surface area contributed by atoms with Gasteiger partial charge in [-0.3, -0.25) is 4.98 Å². The van der Waals surface area contributed by atoms with E-state index in [1.807, 2.05) is 4.90 Å². The van der Waals surface area contributed by atoms with E-state index in [1.165, 1.54) is 12.3 Å². The molecule has 1 aliphatic heterocycles. The molecule has 1 fully saturated rings. The Balaban J connectivity index is 1.55. The highest BCUT2D eigenvalue weighted by Gasteiger charge is 2.18. The normalized spacial score (nSPS) is 17.5. The van der Waals surface area contributed by atoms with Gasteiger partial charge in [0.2, 0.25) is 0 Å². The van der Waals surface area contributed by atoms with Gasteiger partial charge in [-0.05, 0) is 55.0 Å². The van der Waals surface area contributed by atoms with Crippen molar-refractivity contribution in [2.24, 2.45) is 5.92 Å². The second-order valence-corrected chi connectivity index (χ2v) is 6.74. The highest BCUT2D eigenvalue weighted by Crippen LogP contribution is 2.24. The lowest BCUT2D eigenvalue weighted by Gasteiger charge is -2.21. The van der Waals surface area contributed by atoms with Crippen molar-refractivity contribution in [2.45, 2.75) is 32.7 Å². The lowest BCUT2D eigenvalue weighted by atomic mass is 10.0. The number of likely N-dealkylation sites (tertiary alicyclic amines) is 1. The SMILES string of the molecule is CC1CCCN(C(=O)NCc2ccc(Oc3cccnc3)c(F)c2)CC1. The second kappa shape index (κ2) is 8.65. The predicted octanol–water partition coefficient (Wildman–Crippen LogP) is 4.34. The Labute approximate surface area is 153 Å². The number of halogens is 1. The molecule has 138 valence electrons. The van der Waals surface area contributed by atoms with Crippen molar-refractivity contribution in [1.82, 2.24) is 15.2 Å². The van der Waals surface area contributed by atoms with E-state index in [4.69, 9.17) is 4.74 Å². The average molecular weight is 357 g/mol. The lowest BCUT2D eigenvalue weighted by Crippen LogP contribution is -2.40. The molecule has 1 aliphatic rings. The molecule has 2 heterocycles. The van der Waals surface area contributed by atoms with Crippen LogP contribution >= 0.6 is 0 Å². The van der Waals surface area contributed by atoms with E-state index in [0.717, 1.165) is 32.4 Å². The van der Waals surface area contributed by atoms with E-state index in [1.54, 1.807) is 30.5 Å². The monoisotopic (exact) mass is 357 g/mol.